The molecule has 94 valence electrons. The van der Waals surface area contributed by atoms with E-state index in [1.54, 1.807) is 0 Å². The summed E-state index contributed by atoms with van der Waals surface area (Å²) in [5, 5.41) is 0. The SMILES string of the molecule is CCCn1cnc(-c2ccc3c(c2)CCO3)c1N. The Morgan fingerprint density at radius 1 is 1.44 bits per heavy atom. The molecule has 0 unspecified atom stereocenters. The van der Waals surface area contributed by atoms with Crippen LogP contribution in [0.1, 0.15) is 18.9 Å². The fourth-order valence-corrected chi connectivity index (χ4v) is 2.37. The average molecular weight is 243 g/mol. The predicted molar refractivity (Wildman–Crippen MR) is 71.6 cm³/mol. The number of nitrogens with two attached hydrogens (primary N) is 1. The number of aryl methyl sites for hydroxylation is 1. The zero-order valence-corrected chi connectivity index (χ0v) is 10.5. The maximum atomic E-state index is 6.14. The second-order valence-corrected chi connectivity index (χ2v) is 4.59. The van der Waals surface area contributed by atoms with Crippen molar-refractivity contribution in [2.45, 2.75) is 26.3 Å². The topological polar surface area (TPSA) is 53.1 Å². The number of fused-ring (bicyclic) bond motifs is 1. The molecule has 0 bridgehead atoms. The van der Waals surface area contributed by atoms with Gasteiger partial charge in [0.1, 0.15) is 17.3 Å². The van der Waals surface area contributed by atoms with Crippen LogP contribution in [0.15, 0.2) is 24.5 Å². The number of anilines is 1. The predicted octanol–water partition coefficient (Wildman–Crippen LogP) is 2.48. The normalized spacial score (nSPS) is 13.4. The molecule has 1 aromatic heterocycles. The molecule has 0 spiro atoms. The van der Waals surface area contributed by atoms with Gasteiger partial charge in [-0.15, -0.1) is 0 Å². The maximum absolute atomic E-state index is 6.14. The lowest BCUT2D eigenvalue weighted by Gasteiger charge is -2.05. The van der Waals surface area contributed by atoms with Gasteiger partial charge in [-0.25, -0.2) is 4.98 Å². The molecule has 1 aromatic carbocycles. The van der Waals surface area contributed by atoms with Crippen molar-refractivity contribution in [3.63, 3.8) is 0 Å². The minimum absolute atomic E-state index is 0.746. The quantitative estimate of drug-likeness (QED) is 0.901. The monoisotopic (exact) mass is 243 g/mol. The van der Waals surface area contributed by atoms with Crippen LogP contribution in [0.4, 0.5) is 5.82 Å². The molecule has 0 atom stereocenters. The molecule has 2 aromatic rings. The minimum atomic E-state index is 0.746. The summed E-state index contributed by atoms with van der Waals surface area (Å²) in [6.07, 6.45) is 3.84. The van der Waals surface area contributed by atoms with Crippen LogP contribution < -0.4 is 10.5 Å². The molecule has 1 aliphatic rings. The van der Waals surface area contributed by atoms with Crippen molar-refractivity contribution < 1.29 is 4.74 Å². The van der Waals surface area contributed by atoms with Gasteiger partial charge in [0.2, 0.25) is 0 Å². The van der Waals surface area contributed by atoms with Crippen LogP contribution in [-0.4, -0.2) is 16.2 Å². The van der Waals surface area contributed by atoms with Gasteiger partial charge < -0.3 is 15.0 Å². The number of nitrogens with zero attached hydrogens (tertiary/aromatic N) is 2. The summed E-state index contributed by atoms with van der Waals surface area (Å²) in [7, 11) is 0. The number of hydrogen-bond acceptors (Lipinski definition) is 3. The molecular weight excluding hydrogens is 226 g/mol. The van der Waals surface area contributed by atoms with Crippen molar-refractivity contribution >= 4 is 5.82 Å². The first-order valence-electron chi connectivity index (χ1n) is 6.36. The lowest BCUT2D eigenvalue weighted by molar-refractivity contribution is 0.357. The highest BCUT2D eigenvalue weighted by molar-refractivity contribution is 5.72. The van der Waals surface area contributed by atoms with Gasteiger partial charge in [0.25, 0.3) is 0 Å². The van der Waals surface area contributed by atoms with Crippen LogP contribution in [0, 0.1) is 0 Å². The van der Waals surface area contributed by atoms with Crippen LogP contribution in [0.3, 0.4) is 0 Å². The van der Waals surface area contributed by atoms with Crippen LogP contribution in [0.5, 0.6) is 5.75 Å². The summed E-state index contributed by atoms with van der Waals surface area (Å²) >= 11 is 0. The van der Waals surface area contributed by atoms with E-state index in [1.165, 1.54) is 5.56 Å². The van der Waals surface area contributed by atoms with E-state index in [0.717, 1.165) is 48.8 Å². The van der Waals surface area contributed by atoms with Crippen molar-refractivity contribution in [1.29, 1.82) is 0 Å². The number of nitrogen functional groups attached to an aromatic ring is 1. The Hall–Kier alpha value is -1.97. The Bertz CT molecular complexity index is 574. The van der Waals surface area contributed by atoms with Gasteiger partial charge in [0.15, 0.2) is 0 Å². The third-order valence-corrected chi connectivity index (χ3v) is 3.31. The molecule has 0 aliphatic carbocycles. The molecule has 3 rings (SSSR count). The Kier molecular flexibility index (Phi) is 2.70. The molecule has 1 aliphatic heterocycles. The minimum Gasteiger partial charge on any atom is -0.493 e. The van der Waals surface area contributed by atoms with E-state index in [4.69, 9.17) is 10.5 Å². The van der Waals surface area contributed by atoms with Crippen molar-refractivity contribution in [1.82, 2.24) is 9.55 Å². The molecule has 0 saturated carbocycles. The Balaban J connectivity index is 1.99. The highest BCUT2D eigenvalue weighted by Crippen LogP contribution is 2.32. The Morgan fingerprint density at radius 2 is 2.33 bits per heavy atom. The zero-order chi connectivity index (χ0) is 12.5. The fourth-order valence-electron chi connectivity index (χ4n) is 2.37. The third kappa shape index (κ3) is 1.74. The first-order valence-corrected chi connectivity index (χ1v) is 6.36. The summed E-state index contributed by atoms with van der Waals surface area (Å²) in [5.41, 5.74) is 9.33. The van der Waals surface area contributed by atoms with E-state index in [2.05, 4.69) is 18.0 Å². The first kappa shape index (κ1) is 11.1. The van der Waals surface area contributed by atoms with Crippen molar-refractivity contribution in [3.8, 4) is 17.0 Å². The standard InChI is InChI=1S/C14H17N3O/c1-2-6-17-9-16-13(14(17)15)11-3-4-12-10(8-11)5-7-18-12/h3-4,8-9H,2,5-7,15H2,1H3. The second kappa shape index (κ2) is 4.37. The smallest absolute Gasteiger partial charge is 0.131 e. The number of rotatable bonds is 3. The highest BCUT2D eigenvalue weighted by Gasteiger charge is 2.15. The second-order valence-electron chi connectivity index (χ2n) is 4.59. The summed E-state index contributed by atoms with van der Waals surface area (Å²) in [4.78, 5) is 4.43. The van der Waals surface area contributed by atoms with Gasteiger partial charge in [-0.3, -0.25) is 0 Å². The zero-order valence-electron chi connectivity index (χ0n) is 10.5. The summed E-state index contributed by atoms with van der Waals surface area (Å²) in [5.74, 6) is 1.74. The van der Waals surface area contributed by atoms with Gasteiger partial charge in [-0.05, 0) is 30.2 Å². The summed E-state index contributed by atoms with van der Waals surface area (Å²) in [6.45, 7) is 3.82. The van der Waals surface area contributed by atoms with E-state index < -0.39 is 0 Å². The third-order valence-electron chi connectivity index (χ3n) is 3.31. The van der Waals surface area contributed by atoms with E-state index in [9.17, 15) is 0 Å². The van der Waals surface area contributed by atoms with Crippen LogP contribution >= 0.6 is 0 Å². The van der Waals surface area contributed by atoms with Crippen LogP contribution in [-0.2, 0) is 13.0 Å². The number of aromatic nitrogens is 2. The molecule has 0 saturated heterocycles. The fraction of sp³-hybridized carbons (Fsp3) is 0.357. The highest BCUT2D eigenvalue weighted by atomic mass is 16.5. The van der Waals surface area contributed by atoms with E-state index in [0.29, 0.717) is 0 Å². The molecular formula is C14H17N3O. The molecule has 0 fully saturated rings. The average Bonchev–Trinajstić information content (AvgIpc) is 2.97. The largest absolute Gasteiger partial charge is 0.493 e. The lowest BCUT2D eigenvalue weighted by atomic mass is 10.1. The van der Waals surface area contributed by atoms with Gasteiger partial charge in [-0.1, -0.05) is 6.92 Å². The molecule has 4 heteroatoms. The van der Waals surface area contributed by atoms with Crippen molar-refractivity contribution in [2.24, 2.45) is 0 Å². The molecule has 0 amide bonds. The summed E-state index contributed by atoms with van der Waals surface area (Å²) < 4.78 is 7.51. The summed E-state index contributed by atoms with van der Waals surface area (Å²) in [6, 6.07) is 6.17. The van der Waals surface area contributed by atoms with E-state index in [1.807, 2.05) is 23.0 Å². The molecule has 2 N–H and O–H groups in total. The van der Waals surface area contributed by atoms with E-state index in [-0.39, 0.29) is 0 Å². The number of benzene rings is 1. The lowest BCUT2D eigenvalue weighted by Crippen LogP contribution is -2.01. The van der Waals surface area contributed by atoms with Gasteiger partial charge in [0, 0.05) is 18.5 Å². The first-order chi connectivity index (χ1) is 8.79. The van der Waals surface area contributed by atoms with Gasteiger partial charge in [-0.2, -0.15) is 0 Å². The number of ether oxygens (including phenoxy) is 1. The Labute approximate surface area is 106 Å². The molecule has 0 radical (unpaired) electrons. The van der Waals surface area contributed by atoms with Crippen LogP contribution in [0.25, 0.3) is 11.3 Å². The molecule has 2 heterocycles. The van der Waals surface area contributed by atoms with Crippen molar-refractivity contribution in [2.75, 3.05) is 12.3 Å². The number of imidazole rings is 1. The van der Waals surface area contributed by atoms with Crippen LogP contribution in [0.2, 0.25) is 0 Å². The molecule has 18 heavy (non-hydrogen) atoms. The van der Waals surface area contributed by atoms with Crippen molar-refractivity contribution in [3.05, 3.63) is 30.1 Å². The maximum Gasteiger partial charge on any atom is 0.131 e. The molecule has 4 nitrogen and oxygen atoms in total. The number of hydrogen-bond donors (Lipinski definition) is 1. The van der Waals surface area contributed by atoms with Gasteiger partial charge >= 0.3 is 0 Å². The Morgan fingerprint density at radius 3 is 3.17 bits per heavy atom. The van der Waals surface area contributed by atoms with E-state index >= 15 is 0 Å². The van der Waals surface area contributed by atoms with Gasteiger partial charge in [0.05, 0.1) is 12.9 Å².